The van der Waals surface area contributed by atoms with Crippen LogP contribution in [0.3, 0.4) is 0 Å². The number of carbonyl (C=O) groups is 1. The van der Waals surface area contributed by atoms with Gasteiger partial charge in [0, 0.05) is 37.9 Å². The van der Waals surface area contributed by atoms with Gasteiger partial charge in [0.25, 0.3) is 11.5 Å². The molecule has 0 fully saturated rings. The van der Waals surface area contributed by atoms with Crippen molar-refractivity contribution in [2.45, 2.75) is 13.0 Å². The standard InChI is InChI=1S/C16H18N4O3S/c21-14-12(8-18-16(23)19-14)10-20-5-1-3-11(9-20)7-17-15(22)13-4-2-6-24-13/h2-4,6,8H,1,5,7,9-10H2,(H,17,22)(H2,18,19,21,23). The first-order chi connectivity index (χ1) is 11.6. The lowest BCUT2D eigenvalue weighted by Gasteiger charge is -2.27. The monoisotopic (exact) mass is 346 g/mol. The maximum atomic E-state index is 12.0. The number of nitrogens with one attached hydrogen (secondary N) is 3. The summed E-state index contributed by atoms with van der Waals surface area (Å²) in [4.78, 5) is 42.3. The zero-order valence-electron chi connectivity index (χ0n) is 13.0. The minimum Gasteiger partial charge on any atom is -0.348 e. The molecule has 3 rings (SSSR count). The fraction of sp³-hybridized carbons (Fsp3) is 0.312. The van der Waals surface area contributed by atoms with Crippen molar-refractivity contribution in [3.63, 3.8) is 0 Å². The summed E-state index contributed by atoms with van der Waals surface area (Å²) in [5.41, 5.74) is 0.783. The summed E-state index contributed by atoms with van der Waals surface area (Å²) in [6.45, 7) is 2.47. The molecule has 0 aliphatic carbocycles. The van der Waals surface area contributed by atoms with E-state index >= 15 is 0 Å². The zero-order chi connectivity index (χ0) is 16.9. The van der Waals surface area contributed by atoms with Gasteiger partial charge >= 0.3 is 5.69 Å². The van der Waals surface area contributed by atoms with E-state index < -0.39 is 5.69 Å². The van der Waals surface area contributed by atoms with E-state index in [2.05, 4.69) is 26.3 Å². The van der Waals surface area contributed by atoms with Crippen LogP contribution in [0.5, 0.6) is 0 Å². The molecule has 0 atom stereocenters. The topological polar surface area (TPSA) is 98.1 Å². The van der Waals surface area contributed by atoms with Crippen molar-refractivity contribution in [1.29, 1.82) is 0 Å². The molecule has 3 heterocycles. The van der Waals surface area contributed by atoms with Crippen molar-refractivity contribution in [2.75, 3.05) is 19.6 Å². The Kier molecular flexibility index (Phi) is 5.07. The van der Waals surface area contributed by atoms with Gasteiger partial charge in [-0.15, -0.1) is 11.3 Å². The van der Waals surface area contributed by atoms with Gasteiger partial charge in [0.05, 0.1) is 4.88 Å². The number of H-pyrrole nitrogens is 2. The Balaban J connectivity index is 1.56. The first-order valence-electron chi connectivity index (χ1n) is 7.64. The Morgan fingerprint density at radius 1 is 1.38 bits per heavy atom. The highest BCUT2D eigenvalue weighted by atomic mass is 32.1. The highest BCUT2D eigenvalue weighted by molar-refractivity contribution is 7.12. The fourth-order valence-corrected chi connectivity index (χ4v) is 3.27. The third-order valence-electron chi connectivity index (χ3n) is 3.82. The summed E-state index contributed by atoms with van der Waals surface area (Å²) in [6.07, 6.45) is 4.45. The van der Waals surface area contributed by atoms with Crippen molar-refractivity contribution < 1.29 is 4.79 Å². The van der Waals surface area contributed by atoms with E-state index in [4.69, 9.17) is 0 Å². The van der Waals surface area contributed by atoms with Gasteiger partial charge in [0.2, 0.25) is 0 Å². The quantitative estimate of drug-likeness (QED) is 0.694. The SMILES string of the molecule is O=C(NCC1=CCCN(Cc2c[nH]c(=O)[nH]c2=O)C1)c1cccs1. The number of aromatic nitrogens is 2. The lowest BCUT2D eigenvalue weighted by Crippen LogP contribution is -2.36. The predicted molar refractivity (Wildman–Crippen MR) is 92.3 cm³/mol. The van der Waals surface area contributed by atoms with Crippen LogP contribution in [0.15, 0.2) is 44.9 Å². The molecule has 1 amide bonds. The Morgan fingerprint density at radius 2 is 2.25 bits per heavy atom. The van der Waals surface area contributed by atoms with Gasteiger partial charge in [-0.1, -0.05) is 12.1 Å². The second kappa shape index (κ2) is 7.41. The molecular formula is C16H18N4O3S. The van der Waals surface area contributed by atoms with Crippen LogP contribution in [-0.2, 0) is 6.54 Å². The van der Waals surface area contributed by atoms with Crippen LogP contribution in [0.2, 0.25) is 0 Å². The van der Waals surface area contributed by atoms with E-state index in [0.29, 0.717) is 30.1 Å². The molecule has 0 saturated heterocycles. The molecule has 0 spiro atoms. The second-order valence-corrected chi connectivity index (χ2v) is 6.57. The number of carbonyl (C=O) groups excluding carboxylic acids is 1. The summed E-state index contributed by atoms with van der Waals surface area (Å²) in [6, 6.07) is 3.65. The average molecular weight is 346 g/mol. The Morgan fingerprint density at radius 3 is 3.00 bits per heavy atom. The predicted octanol–water partition coefficient (Wildman–Crippen LogP) is 0.687. The van der Waals surface area contributed by atoms with Crippen LogP contribution < -0.4 is 16.6 Å². The largest absolute Gasteiger partial charge is 0.348 e. The lowest BCUT2D eigenvalue weighted by molar-refractivity contribution is 0.0960. The van der Waals surface area contributed by atoms with Gasteiger partial charge in [-0.3, -0.25) is 19.5 Å². The fourth-order valence-electron chi connectivity index (χ4n) is 2.63. The highest BCUT2D eigenvalue weighted by Gasteiger charge is 2.15. The van der Waals surface area contributed by atoms with Gasteiger partial charge in [-0.25, -0.2) is 4.79 Å². The van der Waals surface area contributed by atoms with E-state index in [1.54, 1.807) is 6.07 Å². The summed E-state index contributed by atoms with van der Waals surface area (Å²) < 4.78 is 0. The Hall–Kier alpha value is -2.45. The molecule has 0 radical (unpaired) electrons. The number of amides is 1. The minimum absolute atomic E-state index is 0.0693. The van der Waals surface area contributed by atoms with E-state index in [0.717, 1.165) is 18.5 Å². The number of rotatable bonds is 5. The third kappa shape index (κ3) is 4.09. The lowest BCUT2D eigenvalue weighted by atomic mass is 10.1. The molecule has 24 heavy (non-hydrogen) atoms. The van der Waals surface area contributed by atoms with Crippen LogP contribution in [-0.4, -0.2) is 40.4 Å². The number of nitrogens with zero attached hydrogens (tertiary/aromatic N) is 1. The van der Waals surface area contributed by atoms with E-state index in [1.807, 2.05) is 11.4 Å². The maximum absolute atomic E-state index is 12.0. The van der Waals surface area contributed by atoms with Crippen LogP contribution in [0.4, 0.5) is 0 Å². The normalized spacial score (nSPS) is 15.1. The maximum Gasteiger partial charge on any atom is 0.325 e. The van der Waals surface area contributed by atoms with E-state index in [1.165, 1.54) is 17.5 Å². The first kappa shape index (κ1) is 16.4. The summed E-state index contributed by atoms with van der Waals surface area (Å²) in [7, 11) is 0. The van der Waals surface area contributed by atoms with Crippen molar-refractivity contribution in [3.05, 3.63) is 66.6 Å². The van der Waals surface area contributed by atoms with E-state index in [-0.39, 0.29) is 11.5 Å². The van der Waals surface area contributed by atoms with Crippen LogP contribution >= 0.6 is 11.3 Å². The number of thiophene rings is 1. The molecule has 0 unspecified atom stereocenters. The molecule has 1 aliphatic rings. The van der Waals surface area contributed by atoms with Crippen molar-refractivity contribution in [1.82, 2.24) is 20.2 Å². The molecule has 7 nitrogen and oxygen atoms in total. The molecule has 0 aromatic carbocycles. The molecule has 2 aromatic rings. The van der Waals surface area contributed by atoms with Gasteiger partial charge < -0.3 is 10.3 Å². The van der Waals surface area contributed by atoms with Crippen molar-refractivity contribution in [2.24, 2.45) is 0 Å². The number of hydrogen-bond donors (Lipinski definition) is 3. The Labute approximate surface area is 142 Å². The van der Waals surface area contributed by atoms with E-state index in [9.17, 15) is 14.4 Å². The molecule has 3 N–H and O–H groups in total. The highest BCUT2D eigenvalue weighted by Crippen LogP contribution is 2.12. The zero-order valence-corrected chi connectivity index (χ0v) is 13.8. The molecule has 126 valence electrons. The van der Waals surface area contributed by atoms with Gasteiger partial charge in [0.15, 0.2) is 0 Å². The minimum atomic E-state index is -0.501. The second-order valence-electron chi connectivity index (χ2n) is 5.62. The molecule has 0 bridgehead atoms. The van der Waals surface area contributed by atoms with Gasteiger partial charge in [-0.2, -0.15) is 0 Å². The molecule has 0 saturated carbocycles. The van der Waals surface area contributed by atoms with Crippen LogP contribution in [0, 0.1) is 0 Å². The first-order valence-corrected chi connectivity index (χ1v) is 8.52. The van der Waals surface area contributed by atoms with Crippen molar-refractivity contribution >= 4 is 17.2 Å². The van der Waals surface area contributed by atoms with Crippen LogP contribution in [0.1, 0.15) is 21.7 Å². The third-order valence-corrected chi connectivity index (χ3v) is 4.68. The summed E-state index contributed by atoms with van der Waals surface area (Å²) >= 11 is 1.41. The van der Waals surface area contributed by atoms with Crippen molar-refractivity contribution in [3.8, 4) is 0 Å². The molecular weight excluding hydrogens is 328 g/mol. The molecule has 2 aromatic heterocycles. The van der Waals surface area contributed by atoms with Gasteiger partial charge in [0.1, 0.15) is 0 Å². The number of hydrogen-bond acceptors (Lipinski definition) is 5. The summed E-state index contributed by atoms with van der Waals surface area (Å²) in [5, 5.41) is 4.79. The summed E-state index contributed by atoms with van der Waals surface area (Å²) in [5.74, 6) is -0.0693. The van der Waals surface area contributed by atoms with Gasteiger partial charge in [-0.05, 0) is 23.4 Å². The molecule has 8 heteroatoms. The molecule has 1 aliphatic heterocycles. The van der Waals surface area contributed by atoms with Crippen LogP contribution in [0.25, 0.3) is 0 Å². The smallest absolute Gasteiger partial charge is 0.325 e. The average Bonchev–Trinajstić information content (AvgIpc) is 3.10. The number of aromatic amines is 2. The Bertz CT molecular complexity index is 851.